The van der Waals surface area contributed by atoms with Gasteiger partial charge in [0, 0.05) is 0 Å². The van der Waals surface area contributed by atoms with E-state index in [4.69, 9.17) is 5.21 Å². The molecule has 0 saturated carbocycles. The molecule has 0 spiro atoms. The number of para-hydroxylation sites is 1. The predicted molar refractivity (Wildman–Crippen MR) is 60.7 cm³/mol. The van der Waals surface area contributed by atoms with Crippen LogP contribution in [0.2, 0.25) is 0 Å². The van der Waals surface area contributed by atoms with E-state index in [0.717, 1.165) is 10.2 Å². The van der Waals surface area contributed by atoms with Gasteiger partial charge in [-0.2, -0.15) is 5.10 Å². The second kappa shape index (κ2) is 4.69. The number of hydrogen-bond acceptors (Lipinski definition) is 5. The molecule has 2 rings (SSSR count). The molecule has 0 unspecified atom stereocenters. The van der Waals surface area contributed by atoms with E-state index in [1.807, 2.05) is 24.3 Å². The van der Waals surface area contributed by atoms with Crippen LogP contribution in [0.25, 0.3) is 10.2 Å². The molecule has 82 valence electrons. The van der Waals surface area contributed by atoms with Crippen LogP contribution in [0.5, 0.6) is 0 Å². The molecule has 1 heterocycles. The molecule has 2 aromatic rings. The summed E-state index contributed by atoms with van der Waals surface area (Å²) >= 11 is 1.46. The Labute approximate surface area is 94.6 Å². The lowest BCUT2D eigenvalue weighted by atomic mass is 10.3. The molecule has 0 radical (unpaired) electrons. The van der Waals surface area contributed by atoms with Crippen LogP contribution in [0.3, 0.4) is 0 Å². The van der Waals surface area contributed by atoms with Gasteiger partial charge in [0.15, 0.2) is 0 Å². The Kier molecular flexibility index (Phi) is 3.08. The van der Waals surface area contributed by atoms with Gasteiger partial charge in [0.2, 0.25) is 0 Å². The molecule has 0 bridgehead atoms. The molecule has 0 saturated heterocycles. The molecule has 0 aliphatic heterocycles. The molecule has 3 N–H and O–H groups in total. The first-order valence-electron chi connectivity index (χ1n) is 4.38. The van der Waals surface area contributed by atoms with Crippen molar-refractivity contribution in [2.24, 2.45) is 5.10 Å². The van der Waals surface area contributed by atoms with Crippen molar-refractivity contribution in [3.63, 3.8) is 0 Å². The smallest absolute Gasteiger partial charge is 0.287 e. The maximum atomic E-state index is 10.6. The zero-order valence-corrected chi connectivity index (χ0v) is 8.86. The Morgan fingerprint density at radius 1 is 1.50 bits per heavy atom. The van der Waals surface area contributed by atoms with E-state index in [0.29, 0.717) is 5.01 Å². The van der Waals surface area contributed by atoms with Crippen molar-refractivity contribution in [2.45, 2.75) is 0 Å². The van der Waals surface area contributed by atoms with Gasteiger partial charge in [-0.3, -0.25) is 5.21 Å². The van der Waals surface area contributed by atoms with Gasteiger partial charge in [-0.25, -0.2) is 20.7 Å². The predicted octanol–water partition coefficient (Wildman–Crippen LogP) is 1.32. The van der Waals surface area contributed by atoms with Crippen LogP contribution in [0.15, 0.2) is 29.4 Å². The number of benzene rings is 1. The van der Waals surface area contributed by atoms with Crippen LogP contribution in [-0.2, 0) is 0 Å². The molecule has 2 amide bonds. The van der Waals surface area contributed by atoms with Gasteiger partial charge in [0.1, 0.15) is 5.01 Å². The highest BCUT2D eigenvalue weighted by Gasteiger charge is 2.00. The molecule has 16 heavy (non-hydrogen) atoms. The summed E-state index contributed by atoms with van der Waals surface area (Å²) in [4.78, 5) is 14.8. The minimum atomic E-state index is -0.794. The van der Waals surface area contributed by atoms with Gasteiger partial charge in [0.05, 0.1) is 16.4 Å². The van der Waals surface area contributed by atoms with E-state index in [-0.39, 0.29) is 0 Å². The molecule has 0 fully saturated rings. The number of fused-ring (bicyclic) bond motifs is 1. The summed E-state index contributed by atoms with van der Waals surface area (Å²) in [6, 6.07) is 6.89. The van der Waals surface area contributed by atoms with Gasteiger partial charge >= 0.3 is 6.03 Å². The van der Waals surface area contributed by atoms with Crippen molar-refractivity contribution >= 4 is 33.8 Å². The third-order valence-corrected chi connectivity index (χ3v) is 2.72. The number of aromatic nitrogens is 1. The molecular formula is C9H8N4O2S. The third-order valence-electron chi connectivity index (χ3n) is 1.75. The van der Waals surface area contributed by atoms with E-state index in [1.165, 1.54) is 23.0 Å². The van der Waals surface area contributed by atoms with E-state index in [9.17, 15) is 4.79 Å². The van der Waals surface area contributed by atoms with Crippen molar-refractivity contribution in [2.75, 3.05) is 0 Å². The number of nitrogens with one attached hydrogen (secondary N) is 2. The maximum Gasteiger partial charge on any atom is 0.358 e. The van der Waals surface area contributed by atoms with Crippen molar-refractivity contribution in [1.29, 1.82) is 0 Å². The first kappa shape index (κ1) is 10.5. The second-order valence-corrected chi connectivity index (χ2v) is 3.89. The summed E-state index contributed by atoms with van der Waals surface area (Å²) < 4.78 is 1.05. The minimum Gasteiger partial charge on any atom is -0.287 e. The molecular weight excluding hydrogens is 228 g/mol. The fourth-order valence-electron chi connectivity index (χ4n) is 1.12. The third kappa shape index (κ3) is 2.33. The highest BCUT2D eigenvalue weighted by molar-refractivity contribution is 7.20. The zero-order valence-electron chi connectivity index (χ0n) is 8.04. The molecule has 6 nitrogen and oxygen atoms in total. The second-order valence-electron chi connectivity index (χ2n) is 2.83. The van der Waals surface area contributed by atoms with Crippen LogP contribution < -0.4 is 10.9 Å². The quantitative estimate of drug-likeness (QED) is 0.417. The summed E-state index contributed by atoms with van der Waals surface area (Å²) in [6.07, 6.45) is 1.42. The maximum absolute atomic E-state index is 10.6. The molecule has 1 aromatic heterocycles. The molecule has 1 aromatic carbocycles. The Hall–Kier alpha value is -1.99. The highest BCUT2D eigenvalue weighted by atomic mass is 32.1. The summed E-state index contributed by atoms with van der Waals surface area (Å²) in [5, 5.41) is 12.5. The van der Waals surface area contributed by atoms with Crippen LogP contribution in [0.1, 0.15) is 5.01 Å². The fourth-order valence-corrected chi connectivity index (χ4v) is 1.96. The Bertz CT molecular complexity index is 504. The number of hydrazone groups is 1. The standard InChI is InChI=1S/C9H8N4O2S/c14-9(13-15)12-10-5-8-11-6-3-1-2-4-7(6)16-8/h1-5,15H,(H2,12,13,14)/b10-5+. The monoisotopic (exact) mass is 236 g/mol. The molecule has 0 atom stereocenters. The lowest BCUT2D eigenvalue weighted by Crippen LogP contribution is -2.29. The van der Waals surface area contributed by atoms with Gasteiger partial charge in [-0.1, -0.05) is 12.1 Å². The number of nitrogens with zero attached hydrogens (tertiary/aromatic N) is 2. The van der Waals surface area contributed by atoms with Crippen molar-refractivity contribution in [3.05, 3.63) is 29.3 Å². The number of amides is 2. The van der Waals surface area contributed by atoms with E-state index in [1.54, 1.807) is 0 Å². The summed E-state index contributed by atoms with van der Waals surface area (Å²) in [5.74, 6) is 0. The Morgan fingerprint density at radius 2 is 2.31 bits per heavy atom. The number of thiazole rings is 1. The fraction of sp³-hybridized carbons (Fsp3) is 0. The average molecular weight is 236 g/mol. The van der Waals surface area contributed by atoms with Gasteiger partial charge in [0.25, 0.3) is 0 Å². The number of hydrogen-bond donors (Lipinski definition) is 3. The van der Waals surface area contributed by atoms with Gasteiger partial charge in [-0.15, -0.1) is 11.3 Å². The van der Waals surface area contributed by atoms with E-state index < -0.39 is 6.03 Å². The van der Waals surface area contributed by atoms with Crippen molar-refractivity contribution in [3.8, 4) is 0 Å². The highest BCUT2D eigenvalue weighted by Crippen LogP contribution is 2.19. The topological polar surface area (TPSA) is 86.6 Å². The van der Waals surface area contributed by atoms with Gasteiger partial charge < -0.3 is 0 Å². The zero-order chi connectivity index (χ0) is 11.4. The first-order valence-corrected chi connectivity index (χ1v) is 5.20. The van der Waals surface area contributed by atoms with E-state index >= 15 is 0 Å². The SMILES string of the molecule is O=C(NO)N/N=C/c1nc2ccccc2s1. The van der Waals surface area contributed by atoms with Gasteiger partial charge in [-0.05, 0) is 12.1 Å². The summed E-state index contributed by atoms with van der Waals surface area (Å²) in [5.41, 5.74) is 4.35. The molecule has 0 aliphatic rings. The number of carbonyl (C=O) groups is 1. The lowest BCUT2D eigenvalue weighted by molar-refractivity contribution is 0.162. The number of urea groups is 1. The number of rotatable bonds is 2. The minimum absolute atomic E-state index is 0.680. The number of carbonyl (C=O) groups excluding carboxylic acids is 1. The normalized spacial score (nSPS) is 10.8. The number of hydroxylamine groups is 1. The van der Waals surface area contributed by atoms with Crippen molar-refractivity contribution < 1.29 is 10.0 Å². The van der Waals surface area contributed by atoms with Crippen LogP contribution in [-0.4, -0.2) is 22.4 Å². The van der Waals surface area contributed by atoms with E-state index in [2.05, 4.69) is 15.5 Å². The Balaban J connectivity index is 2.12. The van der Waals surface area contributed by atoms with Crippen LogP contribution in [0.4, 0.5) is 4.79 Å². The Morgan fingerprint density at radius 3 is 3.06 bits per heavy atom. The summed E-state index contributed by atoms with van der Waals surface area (Å²) in [7, 11) is 0. The molecule has 7 heteroatoms. The summed E-state index contributed by atoms with van der Waals surface area (Å²) in [6.45, 7) is 0. The van der Waals surface area contributed by atoms with Crippen LogP contribution in [0, 0.1) is 0 Å². The largest absolute Gasteiger partial charge is 0.358 e. The molecule has 0 aliphatic carbocycles. The van der Waals surface area contributed by atoms with Crippen molar-refractivity contribution in [1.82, 2.24) is 15.9 Å². The first-order chi connectivity index (χ1) is 7.79. The van der Waals surface area contributed by atoms with Crippen LogP contribution >= 0.6 is 11.3 Å². The average Bonchev–Trinajstić information content (AvgIpc) is 2.71. The lowest BCUT2D eigenvalue weighted by Gasteiger charge is -1.92.